The third-order valence-electron chi connectivity index (χ3n) is 9.45. The Morgan fingerprint density at radius 3 is 1.37 bits per heavy atom. The number of hydrogen-bond acceptors (Lipinski definition) is 7. The standard InChI is InChI=1S/C44H84NO8P/c1-6-8-10-12-14-16-18-20-22-23-25-26-28-30-32-34-36-43(46)50-40-42(41-52-54(48,49)51-39-38-45(3,4)5)53-44(47)37-35-33-31-29-27-24-21-19-17-15-13-11-9-7-2/h19,21-23,42H,6-18,20,24-41H2,1-5H3/p+1/b21-19-,23-22-/t42-/m1/s1. The van der Waals surface area contributed by atoms with E-state index in [1.54, 1.807) is 0 Å². The summed E-state index contributed by atoms with van der Waals surface area (Å²) >= 11 is 0. The minimum Gasteiger partial charge on any atom is -0.462 e. The summed E-state index contributed by atoms with van der Waals surface area (Å²) in [6.07, 6.45) is 39.3. The zero-order valence-electron chi connectivity index (χ0n) is 35.7. The monoisotopic (exact) mass is 787 g/mol. The summed E-state index contributed by atoms with van der Waals surface area (Å²) in [7, 11) is 1.47. The molecule has 0 aliphatic carbocycles. The third kappa shape index (κ3) is 40.2. The minimum atomic E-state index is -4.37. The van der Waals surface area contributed by atoms with E-state index in [1.165, 1.54) is 89.9 Å². The summed E-state index contributed by atoms with van der Waals surface area (Å²) in [5.74, 6) is -0.814. The van der Waals surface area contributed by atoms with Crippen molar-refractivity contribution in [2.75, 3.05) is 47.5 Å². The lowest BCUT2D eigenvalue weighted by molar-refractivity contribution is -0.870. The van der Waals surface area contributed by atoms with Crippen molar-refractivity contribution >= 4 is 19.8 Å². The molecule has 0 saturated heterocycles. The van der Waals surface area contributed by atoms with Gasteiger partial charge in [-0.2, -0.15) is 0 Å². The maximum atomic E-state index is 12.7. The van der Waals surface area contributed by atoms with Crippen LogP contribution < -0.4 is 0 Å². The van der Waals surface area contributed by atoms with Crippen LogP contribution in [0, 0.1) is 0 Å². The lowest BCUT2D eigenvalue weighted by Gasteiger charge is -2.24. The quantitative estimate of drug-likeness (QED) is 0.0215. The third-order valence-corrected chi connectivity index (χ3v) is 10.4. The molecule has 0 aromatic heterocycles. The molecule has 0 bridgehead atoms. The number of carbonyl (C=O) groups excluding carboxylic acids is 2. The molecule has 0 aliphatic rings. The number of unbranched alkanes of at least 4 members (excludes halogenated alkanes) is 22. The Morgan fingerprint density at radius 1 is 0.556 bits per heavy atom. The van der Waals surface area contributed by atoms with E-state index in [1.807, 2.05) is 21.1 Å². The number of phosphoric acid groups is 1. The second kappa shape index (κ2) is 37.1. The average molecular weight is 787 g/mol. The fourth-order valence-corrected chi connectivity index (χ4v) is 6.69. The van der Waals surface area contributed by atoms with Crippen LogP contribution in [0.3, 0.4) is 0 Å². The van der Waals surface area contributed by atoms with Gasteiger partial charge in [0.25, 0.3) is 0 Å². The first-order chi connectivity index (χ1) is 26.0. The highest BCUT2D eigenvalue weighted by Crippen LogP contribution is 2.43. The average Bonchev–Trinajstić information content (AvgIpc) is 3.12. The molecule has 0 fully saturated rings. The van der Waals surface area contributed by atoms with Crippen molar-refractivity contribution < 1.29 is 42.1 Å². The summed E-state index contributed by atoms with van der Waals surface area (Å²) in [5, 5.41) is 0. The van der Waals surface area contributed by atoms with Gasteiger partial charge in [-0.25, -0.2) is 4.57 Å². The fraction of sp³-hybridized carbons (Fsp3) is 0.864. The second-order valence-corrected chi connectivity index (χ2v) is 17.5. The highest BCUT2D eigenvalue weighted by atomic mass is 31.2. The first-order valence-corrected chi connectivity index (χ1v) is 23.6. The Hall–Kier alpha value is -1.51. The van der Waals surface area contributed by atoms with Crippen LogP contribution in [-0.2, 0) is 32.7 Å². The first-order valence-electron chi connectivity index (χ1n) is 22.1. The van der Waals surface area contributed by atoms with E-state index >= 15 is 0 Å². The zero-order chi connectivity index (χ0) is 40.0. The minimum absolute atomic E-state index is 0.0299. The van der Waals surface area contributed by atoms with Gasteiger partial charge in [-0.1, -0.05) is 141 Å². The predicted octanol–water partition coefficient (Wildman–Crippen LogP) is 12.4. The lowest BCUT2D eigenvalue weighted by Crippen LogP contribution is -2.37. The summed E-state index contributed by atoms with van der Waals surface area (Å²) in [5.41, 5.74) is 0. The van der Waals surface area contributed by atoms with Gasteiger partial charge in [0, 0.05) is 12.8 Å². The lowest BCUT2D eigenvalue weighted by atomic mass is 10.1. The van der Waals surface area contributed by atoms with Crippen LogP contribution in [-0.4, -0.2) is 74.9 Å². The molecule has 318 valence electrons. The van der Waals surface area contributed by atoms with Gasteiger partial charge in [-0.15, -0.1) is 0 Å². The molecule has 9 nitrogen and oxygen atoms in total. The van der Waals surface area contributed by atoms with E-state index in [9.17, 15) is 19.0 Å². The maximum absolute atomic E-state index is 12.7. The first kappa shape index (κ1) is 52.5. The number of nitrogens with zero attached hydrogens (tertiary/aromatic N) is 1. The molecule has 2 atom stereocenters. The van der Waals surface area contributed by atoms with Crippen LogP contribution in [0.4, 0.5) is 0 Å². The van der Waals surface area contributed by atoms with Crippen LogP contribution in [0.15, 0.2) is 24.3 Å². The number of rotatable bonds is 40. The van der Waals surface area contributed by atoms with E-state index in [-0.39, 0.29) is 32.0 Å². The second-order valence-electron chi connectivity index (χ2n) is 16.1. The Balaban J connectivity index is 4.37. The number of quaternary nitrogens is 1. The van der Waals surface area contributed by atoms with Gasteiger partial charge in [0.1, 0.15) is 19.8 Å². The van der Waals surface area contributed by atoms with Crippen molar-refractivity contribution in [2.24, 2.45) is 0 Å². The molecule has 0 saturated carbocycles. The predicted molar refractivity (Wildman–Crippen MR) is 224 cm³/mol. The molecule has 0 spiro atoms. The van der Waals surface area contributed by atoms with E-state index < -0.39 is 26.5 Å². The number of ether oxygens (including phenoxy) is 2. The van der Waals surface area contributed by atoms with Crippen molar-refractivity contribution in [1.82, 2.24) is 0 Å². The largest absolute Gasteiger partial charge is 0.472 e. The molecule has 0 heterocycles. The molecule has 0 aliphatic heterocycles. The molecular weight excluding hydrogens is 701 g/mol. The molecule has 0 radical (unpaired) electrons. The summed E-state index contributed by atoms with van der Waals surface area (Å²) in [4.78, 5) is 35.3. The molecule has 10 heteroatoms. The molecule has 0 aromatic carbocycles. The number of hydrogen-bond donors (Lipinski definition) is 1. The molecule has 1 unspecified atom stereocenters. The number of allylic oxidation sites excluding steroid dienone is 4. The van der Waals surface area contributed by atoms with Crippen molar-refractivity contribution in [2.45, 2.75) is 200 Å². The topological polar surface area (TPSA) is 108 Å². The van der Waals surface area contributed by atoms with Gasteiger partial charge in [0.2, 0.25) is 0 Å². The van der Waals surface area contributed by atoms with Gasteiger partial charge in [-0.3, -0.25) is 18.6 Å². The number of likely N-dealkylation sites (N-methyl/N-ethyl adjacent to an activating group) is 1. The summed E-state index contributed by atoms with van der Waals surface area (Å²) < 4.78 is 34.3. The van der Waals surface area contributed by atoms with Crippen LogP contribution in [0.1, 0.15) is 194 Å². The van der Waals surface area contributed by atoms with Crippen molar-refractivity contribution in [3.63, 3.8) is 0 Å². The zero-order valence-corrected chi connectivity index (χ0v) is 36.6. The fourth-order valence-electron chi connectivity index (χ4n) is 5.94. The van der Waals surface area contributed by atoms with E-state index in [0.29, 0.717) is 17.4 Å². The van der Waals surface area contributed by atoms with Gasteiger partial charge >= 0.3 is 19.8 Å². The van der Waals surface area contributed by atoms with Crippen molar-refractivity contribution in [1.29, 1.82) is 0 Å². The molecule has 0 amide bonds. The molecular formula is C44H85NO8P+. The normalized spacial score (nSPS) is 13.8. The van der Waals surface area contributed by atoms with Crippen molar-refractivity contribution in [3.05, 3.63) is 24.3 Å². The Labute approximate surface area is 332 Å². The van der Waals surface area contributed by atoms with E-state index in [4.69, 9.17) is 18.5 Å². The van der Waals surface area contributed by atoms with Gasteiger partial charge in [-0.05, 0) is 64.2 Å². The Bertz CT molecular complexity index is 980. The highest BCUT2D eigenvalue weighted by molar-refractivity contribution is 7.47. The van der Waals surface area contributed by atoms with Crippen LogP contribution in [0.25, 0.3) is 0 Å². The van der Waals surface area contributed by atoms with Crippen LogP contribution in [0.2, 0.25) is 0 Å². The summed E-state index contributed by atoms with van der Waals surface area (Å²) in [6.45, 7) is 4.40. The maximum Gasteiger partial charge on any atom is 0.472 e. The number of carbonyl (C=O) groups is 2. The van der Waals surface area contributed by atoms with E-state index in [2.05, 4.69) is 38.2 Å². The van der Waals surface area contributed by atoms with Gasteiger partial charge in [0.05, 0.1) is 27.7 Å². The highest BCUT2D eigenvalue weighted by Gasteiger charge is 2.27. The molecule has 0 aromatic rings. The van der Waals surface area contributed by atoms with Crippen molar-refractivity contribution in [3.8, 4) is 0 Å². The van der Waals surface area contributed by atoms with Gasteiger partial charge in [0.15, 0.2) is 6.10 Å². The summed E-state index contributed by atoms with van der Waals surface area (Å²) in [6, 6.07) is 0. The number of esters is 2. The number of phosphoric ester groups is 1. The van der Waals surface area contributed by atoms with E-state index in [0.717, 1.165) is 70.6 Å². The SMILES string of the molecule is CCCCCCC/C=C\CCCCCCCC(=O)O[C@H](COC(=O)CCCCCCC/C=C\CCCCCCCCC)COP(=O)(O)OCC[N+](C)(C)C. The van der Waals surface area contributed by atoms with Crippen LogP contribution >= 0.6 is 7.82 Å². The Morgan fingerprint density at radius 2 is 0.944 bits per heavy atom. The Kier molecular flexibility index (Phi) is 36.1. The van der Waals surface area contributed by atoms with Crippen LogP contribution in [0.5, 0.6) is 0 Å². The molecule has 1 N–H and O–H groups in total. The van der Waals surface area contributed by atoms with Gasteiger partial charge < -0.3 is 18.9 Å². The molecule has 0 rings (SSSR count). The smallest absolute Gasteiger partial charge is 0.462 e. The molecule has 54 heavy (non-hydrogen) atoms.